The molecule has 0 aliphatic heterocycles. The smallest absolute Gasteiger partial charge is 0.0140 e. The Morgan fingerprint density at radius 2 is 1.33 bits per heavy atom. The van der Waals surface area contributed by atoms with Crippen molar-refractivity contribution in [3.8, 4) is 0 Å². The van der Waals surface area contributed by atoms with Crippen molar-refractivity contribution in [2.24, 2.45) is 5.92 Å². The van der Waals surface area contributed by atoms with E-state index >= 15 is 0 Å². The van der Waals surface area contributed by atoms with E-state index in [9.17, 15) is 0 Å². The maximum atomic E-state index is 2.22. The molecule has 0 aliphatic carbocycles. The third-order valence-electron chi connectivity index (χ3n) is 0.408. The monoisotopic (exact) mass is 164 g/mol. The third-order valence-corrected chi connectivity index (χ3v) is 1.68. The van der Waals surface area contributed by atoms with Crippen LogP contribution in [-0.4, -0.2) is 26.0 Å². The average molecular weight is 164 g/mol. The second-order valence-corrected chi connectivity index (χ2v) is 3.58. The first-order chi connectivity index (χ1) is 4.00. The molecule has 0 saturated carbocycles. The van der Waals surface area contributed by atoms with Gasteiger partial charge in [-0.05, 0) is 21.1 Å². The summed E-state index contributed by atoms with van der Waals surface area (Å²) in [6.45, 7) is 4.44. The molecule has 0 unspecified atom stereocenters. The van der Waals surface area contributed by atoms with Gasteiger partial charge in [0.25, 0.3) is 0 Å². The van der Waals surface area contributed by atoms with E-state index in [0.717, 1.165) is 5.92 Å². The zero-order valence-corrected chi connectivity index (χ0v) is 8.79. The minimum atomic E-state index is 0.884. The quantitative estimate of drug-likeness (QED) is 0.534. The predicted octanol–water partition coefficient (Wildman–Crippen LogP) is 1.79. The van der Waals surface area contributed by atoms with Gasteiger partial charge in [0.15, 0.2) is 0 Å². The van der Waals surface area contributed by atoms with E-state index in [1.807, 2.05) is 26.0 Å². The summed E-state index contributed by atoms with van der Waals surface area (Å²) in [5.74, 6) is 0.884. The van der Waals surface area contributed by atoms with E-state index in [1.165, 1.54) is 4.73 Å². The number of hydrogen-bond donors (Lipinski definition) is 0. The molecule has 2 heteroatoms. The van der Waals surface area contributed by atoms with Gasteiger partial charge in [0, 0.05) is 0 Å². The van der Waals surface area contributed by atoms with Crippen LogP contribution in [0.2, 0.25) is 4.73 Å². The zero-order valence-electron chi connectivity index (χ0n) is 7.23. The Bertz CT molecular complexity index is 41.4. The van der Waals surface area contributed by atoms with Gasteiger partial charge in [-0.1, -0.05) is 0 Å². The second kappa shape index (κ2) is 8.67. The van der Waals surface area contributed by atoms with Crippen molar-refractivity contribution in [2.45, 2.75) is 18.6 Å². The van der Waals surface area contributed by atoms with Crippen molar-refractivity contribution in [1.29, 1.82) is 0 Å². The molecule has 0 aromatic rings. The van der Waals surface area contributed by atoms with Crippen LogP contribution in [0.15, 0.2) is 0 Å². The third kappa shape index (κ3) is 54.0. The largest absolute Gasteiger partial charge is 0.312 e. The molecular formula is C7H18NTi. The Labute approximate surface area is 71.2 Å². The summed E-state index contributed by atoms with van der Waals surface area (Å²) >= 11 is 2.20. The van der Waals surface area contributed by atoms with Crippen molar-refractivity contribution in [3.05, 3.63) is 0 Å². The summed E-state index contributed by atoms with van der Waals surface area (Å²) in [5.41, 5.74) is 0. The predicted molar refractivity (Wildman–Crippen MR) is 39.3 cm³/mol. The summed E-state index contributed by atoms with van der Waals surface area (Å²) in [6.07, 6.45) is 0. The van der Waals surface area contributed by atoms with Crippen molar-refractivity contribution in [1.82, 2.24) is 4.90 Å². The fourth-order valence-corrected chi connectivity index (χ4v) is 0. The molecular weight excluding hydrogens is 146 g/mol. The SMILES string of the molecule is CC(C)[CH2][Ti].CN(C)C. The first-order valence-corrected chi connectivity index (χ1v) is 4.36. The second-order valence-electron chi connectivity index (χ2n) is 2.94. The van der Waals surface area contributed by atoms with Gasteiger partial charge >= 0.3 is 44.9 Å². The fraction of sp³-hybridized carbons (Fsp3) is 1.00. The summed E-state index contributed by atoms with van der Waals surface area (Å²) in [4.78, 5) is 2.00. The van der Waals surface area contributed by atoms with Crippen LogP contribution in [-0.2, 0) is 20.4 Å². The van der Waals surface area contributed by atoms with Gasteiger partial charge in [-0.15, -0.1) is 0 Å². The van der Waals surface area contributed by atoms with Gasteiger partial charge in [0.2, 0.25) is 0 Å². The number of hydrogen-bond acceptors (Lipinski definition) is 1. The average Bonchev–Trinajstić information content (AvgIpc) is 1.65. The Morgan fingerprint density at radius 1 is 1.22 bits per heavy atom. The summed E-state index contributed by atoms with van der Waals surface area (Å²) < 4.78 is 1.31. The molecule has 0 bridgehead atoms. The normalized spacial score (nSPS) is 9.11. The fourth-order valence-electron chi connectivity index (χ4n) is 0. The van der Waals surface area contributed by atoms with Crippen LogP contribution in [0.1, 0.15) is 13.8 Å². The Morgan fingerprint density at radius 3 is 1.33 bits per heavy atom. The maximum absolute atomic E-state index is 2.22. The van der Waals surface area contributed by atoms with Gasteiger partial charge in [-0.2, -0.15) is 0 Å². The number of rotatable bonds is 1. The Balaban J connectivity index is 0. The molecule has 0 rings (SSSR count). The minimum Gasteiger partial charge on any atom is -0.312 e. The first-order valence-electron chi connectivity index (χ1n) is 3.26. The Kier molecular flexibility index (Phi) is 11.9. The molecule has 0 aromatic heterocycles. The molecule has 9 heavy (non-hydrogen) atoms. The molecule has 0 heterocycles. The summed E-state index contributed by atoms with van der Waals surface area (Å²) in [6, 6.07) is 0. The topological polar surface area (TPSA) is 3.24 Å². The summed E-state index contributed by atoms with van der Waals surface area (Å²) in [5, 5.41) is 0. The maximum Gasteiger partial charge on any atom is -0.0140 e. The standard InChI is InChI=1S/C4H9.C3H9N.Ti/c2*1-4(2)3;/h4H,1H2,2-3H3;1-3H3;. The molecule has 0 saturated heterocycles. The van der Waals surface area contributed by atoms with Gasteiger partial charge < -0.3 is 4.90 Å². The minimum absolute atomic E-state index is 0.884. The van der Waals surface area contributed by atoms with E-state index in [2.05, 4.69) is 34.3 Å². The van der Waals surface area contributed by atoms with Crippen molar-refractivity contribution >= 4 is 0 Å². The van der Waals surface area contributed by atoms with Crippen LogP contribution in [0.4, 0.5) is 0 Å². The molecule has 0 aliphatic rings. The molecule has 0 radical (unpaired) electrons. The van der Waals surface area contributed by atoms with Gasteiger partial charge in [-0.25, -0.2) is 0 Å². The molecule has 0 spiro atoms. The van der Waals surface area contributed by atoms with E-state index in [4.69, 9.17) is 0 Å². The van der Waals surface area contributed by atoms with Crippen LogP contribution < -0.4 is 0 Å². The van der Waals surface area contributed by atoms with Crippen molar-refractivity contribution < 1.29 is 20.4 Å². The van der Waals surface area contributed by atoms with Crippen LogP contribution in [0.25, 0.3) is 0 Å². The first kappa shape index (κ1) is 12.4. The molecule has 55 valence electrons. The van der Waals surface area contributed by atoms with Gasteiger partial charge in [0.1, 0.15) is 0 Å². The van der Waals surface area contributed by atoms with Gasteiger partial charge in [0.05, 0.1) is 0 Å². The van der Waals surface area contributed by atoms with Crippen molar-refractivity contribution in [3.63, 3.8) is 0 Å². The molecule has 1 nitrogen and oxygen atoms in total. The number of nitrogens with zero attached hydrogens (tertiary/aromatic N) is 1. The Hall–Kier alpha value is 0.674. The van der Waals surface area contributed by atoms with E-state index in [1.54, 1.807) is 0 Å². The zero-order chi connectivity index (χ0) is 7.86. The molecule has 0 amide bonds. The van der Waals surface area contributed by atoms with Crippen LogP contribution >= 0.6 is 0 Å². The van der Waals surface area contributed by atoms with Crippen molar-refractivity contribution in [2.75, 3.05) is 21.1 Å². The van der Waals surface area contributed by atoms with Crippen LogP contribution in [0.3, 0.4) is 0 Å². The molecule has 0 N–H and O–H groups in total. The van der Waals surface area contributed by atoms with E-state index in [0.29, 0.717) is 0 Å². The van der Waals surface area contributed by atoms with E-state index < -0.39 is 0 Å². The van der Waals surface area contributed by atoms with Gasteiger partial charge in [-0.3, -0.25) is 0 Å². The molecule has 0 aromatic carbocycles. The molecule has 0 fully saturated rings. The van der Waals surface area contributed by atoms with Crippen LogP contribution in [0, 0.1) is 5.92 Å². The van der Waals surface area contributed by atoms with Crippen LogP contribution in [0.5, 0.6) is 0 Å². The summed E-state index contributed by atoms with van der Waals surface area (Å²) in [7, 11) is 6.00. The molecule has 0 atom stereocenters. The van der Waals surface area contributed by atoms with E-state index in [-0.39, 0.29) is 0 Å².